The number of carboxylic acid groups (broad SMARTS) is 1. The maximum atomic E-state index is 10.5. The molecule has 72 valence electrons. The van der Waals surface area contributed by atoms with Gasteiger partial charge in [0.05, 0.1) is 20.6 Å². The Bertz CT molecular complexity index is 168. The third-order valence-corrected chi connectivity index (χ3v) is 1.47. The van der Waals surface area contributed by atoms with Gasteiger partial charge in [-0.05, 0) is 0 Å². The fourth-order valence-corrected chi connectivity index (χ4v) is 1.71. The summed E-state index contributed by atoms with van der Waals surface area (Å²) in [5.41, 5.74) is 0.180. The Labute approximate surface area is 74.6 Å². The molecule has 0 aromatic carbocycles. The lowest BCUT2D eigenvalue weighted by Gasteiger charge is -2.34. The molecule has 0 aromatic heterocycles. The topological polar surface area (TPSA) is 37.3 Å². The van der Waals surface area contributed by atoms with Crippen molar-refractivity contribution < 1.29 is 14.4 Å². The number of quaternary nitrogens is 1. The van der Waals surface area contributed by atoms with Crippen LogP contribution < -0.4 is 0 Å². The highest BCUT2D eigenvalue weighted by Gasteiger charge is 2.26. The van der Waals surface area contributed by atoms with Gasteiger partial charge in [-0.2, -0.15) is 0 Å². The Balaban J connectivity index is 4.13. The van der Waals surface area contributed by atoms with E-state index in [2.05, 4.69) is 20.8 Å². The second-order valence-corrected chi connectivity index (χ2v) is 5.21. The predicted molar refractivity (Wildman–Crippen MR) is 48.9 cm³/mol. The molecule has 0 fully saturated rings. The molecular formula is C9H20NO2+. The van der Waals surface area contributed by atoms with Crippen molar-refractivity contribution in [1.82, 2.24) is 0 Å². The Morgan fingerprint density at radius 3 is 2.00 bits per heavy atom. The van der Waals surface area contributed by atoms with Crippen molar-refractivity contribution in [2.45, 2.75) is 20.8 Å². The van der Waals surface area contributed by atoms with Gasteiger partial charge in [0.2, 0.25) is 0 Å². The number of carbonyl (C=O) groups is 1. The zero-order valence-electron chi connectivity index (χ0n) is 8.72. The fourth-order valence-electron chi connectivity index (χ4n) is 1.71. The predicted octanol–water partition coefficient (Wildman–Crippen LogP) is 1.19. The van der Waals surface area contributed by atoms with Crippen LogP contribution in [0.25, 0.3) is 0 Å². The third kappa shape index (κ3) is 6.16. The van der Waals surface area contributed by atoms with Gasteiger partial charge >= 0.3 is 5.97 Å². The minimum absolute atomic E-state index is 0.180. The van der Waals surface area contributed by atoms with E-state index in [0.717, 1.165) is 6.54 Å². The summed E-state index contributed by atoms with van der Waals surface area (Å²) >= 11 is 0. The molecule has 0 spiro atoms. The van der Waals surface area contributed by atoms with E-state index in [1.54, 1.807) is 0 Å². The van der Waals surface area contributed by atoms with E-state index in [1.165, 1.54) is 0 Å². The molecule has 1 N–H and O–H groups in total. The summed E-state index contributed by atoms with van der Waals surface area (Å²) in [6, 6.07) is 0. The summed E-state index contributed by atoms with van der Waals surface area (Å²) in [4.78, 5) is 10.5. The molecule has 0 aliphatic heterocycles. The van der Waals surface area contributed by atoms with Gasteiger partial charge in [0.25, 0.3) is 0 Å². The van der Waals surface area contributed by atoms with Crippen LogP contribution in [0.5, 0.6) is 0 Å². The maximum absolute atomic E-state index is 10.5. The van der Waals surface area contributed by atoms with E-state index in [9.17, 15) is 4.79 Å². The number of nitrogens with zero attached hydrogens (tertiary/aromatic N) is 1. The van der Waals surface area contributed by atoms with Crippen molar-refractivity contribution in [2.24, 2.45) is 5.41 Å². The average Bonchev–Trinajstić information content (AvgIpc) is 1.48. The van der Waals surface area contributed by atoms with Gasteiger partial charge in [0.1, 0.15) is 0 Å². The highest BCUT2D eigenvalue weighted by Crippen LogP contribution is 2.17. The van der Waals surface area contributed by atoms with Gasteiger partial charge in [-0.1, -0.05) is 20.8 Å². The Kier molecular flexibility index (Phi) is 3.27. The summed E-state index contributed by atoms with van der Waals surface area (Å²) in [7, 11) is 3.89. The highest BCUT2D eigenvalue weighted by atomic mass is 16.4. The molecule has 0 saturated heterocycles. The zero-order valence-corrected chi connectivity index (χ0v) is 8.72. The van der Waals surface area contributed by atoms with Crippen LogP contribution in [0.4, 0.5) is 0 Å². The van der Waals surface area contributed by atoms with E-state index in [1.807, 2.05) is 14.1 Å². The Hall–Kier alpha value is -0.570. The van der Waals surface area contributed by atoms with Crippen LogP contribution in [0.2, 0.25) is 0 Å². The molecule has 0 atom stereocenters. The first-order chi connectivity index (χ1) is 5.12. The smallest absolute Gasteiger partial charge is 0.359 e. The molecule has 3 heteroatoms. The number of likely N-dealkylation sites (N-methyl/N-ethyl adjacent to an activating group) is 1. The quantitative estimate of drug-likeness (QED) is 0.653. The van der Waals surface area contributed by atoms with Crippen LogP contribution in [0.3, 0.4) is 0 Å². The summed E-state index contributed by atoms with van der Waals surface area (Å²) < 4.78 is 0.541. The summed E-state index contributed by atoms with van der Waals surface area (Å²) in [6.07, 6.45) is 0. The molecule has 0 amide bonds. The molecule has 0 saturated carbocycles. The number of hydrogen-bond acceptors (Lipinski definition) is 1. The van der Waals surface area contributed by atoms with E-state index >= 15 is 0 Å². The first kappa shape index (κ1) is 11.4. The number of hydrogen-bond donors (Lipinski definition) is 1. The number of aliphatic carboxylic acids is 1. The van der Waals surface area contributed by atoms with Crippen molar-refractivity contribution in [3.8, 4) is 0 Å². The molecule has 0 radical (unpaired) electrons. The van der Waals surface area contributed by atoms with E-state index in [-0.39, 0.29) is 12.0 Å². The molecule has 0 aromatic rings. The molecule has 12 heavy (non-hydrogen) atoms. The molecule has 0 unspecified atom stereocenters. The largest absolute Gasteiger partial charge is 0.477 e. The van der Waals surface area contributed by atoms with Crippen LogP contribution in [-0.2, 0) is 4.79 Å². The lowest BCUT2D eigenvalue weighted by atomic mass is 9.95. The molecule has 3 nitrogen and oxygen atoms in total. The maximum Gasteiger partial charge on any atom is 0.359 e. The van der Waals surface area contributed by atoms with Crippen LogP contribution in [0.1, 0.15) is 20.8 Å². The van der Waals surface area contributed by atoms with Crippen molar-refractivity contribution in [3.63, 3.8) is 0 Å². The van der Waals surface area contributed by atoms with E-state index < -0.39 is 5.97 Å². The summed E-state index contributed by atoms with van der Waals surface area (Å²) in [6.45, 7) is 7.43. The van der Waals surface area contributed by atoms with Crippen LogP contribution in [-0.4, -0.2) is 42.7 Å². The van der Waals surface area contributed by atoms with E-state index in [0.29, 0.717) is 4.48 Å². The van der Waals surface area contributed by atoms with Gasteiger partial charge < -0.3 is 9.59 Å². The van der Waals surface area contributed by atoms with Crippen LogP contribution in [0, 0.1) is 5.41 Å². The van der Waals surface area contributed by atoms with Gasteiger partial charge in [-0.15, -0.1) is 0 Å². The molecule has 0 heterocycles. The van der Waals surface area contributed by atoms with Crippen LogP contribution >= 0.6 is 0 Å². The van der Waals surface area contributed by atoms with E-state index in [4.69, 9.17) is 5.11 Å². The molecule has 0 aliphatic carbocycles. The minimum Gasteiger partial charge on any atom is -0.477 e. The van der Waals surface area contributed by atoms with Crippen LogP contribution in [0.15, 0.2) is 0 Å². The normalized spacial score (nSPS) is 13.1. The van der Waals surface area contributed by atoms with Gasteiger partial charge in [-0.3, -0.25) is 0 Å². The highest BCUT2D eigenvalue weighted by molar-refractivity contribution is 5.67. The molecular weight excluding hydrogens is 154 g/mol. The monoisotopic (exact) mass is 174 g/mol. The number of carboxylic acids is 1. The standard InChI is InChI=1S/C9H19NO2/c1-9(2,3)7-10(4,5)6-8(11)12/h6-7H2,1-5H3/p+1. The first-order valence-corrected chi connectivity index (χ1v) is 4.16. The molecule has 0 aliphatic rings. The minimum atomic E-state index is -0.732. The van der Waals surface area contributed by atoms with Crippen molar-refractivity contribution in [1.29, 1.82) is 0 Å². The van der Waals surface area contributed by atoms with Gasteiger partial charge in [-0.25, -0.2) is 4.79 Å². The number of rotatable bonds is 3. The lowest BCUT2D eigenvalue weighted by molar-refractivity contribution is -0.889. The average molecular weight is 174 g/mol. The third-order valence-electron chi connectivity index (χ3n) is 1.47. The molecule has 0 bridgehead atoms. The zero-order chi connectivity index (χ0) is 9.99. The Morgan fingerprint density at radius 1 is 1.33 bits per heavy atom. The van der Waals surface area contributed by atoms with Crippen molar-refractivity contribution in [3.05, 3.63) is 0 Å². The van der Waals surface area contributed by atoms with Gasteiger partial charge in [0.15, 0.2) is 6.54 Å². The second-order valence-electron chi connectivity index (χ2n) is 5.21. The second kappa shape index (κ2) is 3.44. The van der Waals surface area contributed by atoms with Gasteiger partial charge in [0, 0.05) is 5.41 Å². The Morgan fingerprint density at radius 2 is 1.75 bits per heavy atom. The fraction of sp³-hybridized carbons (Fsp3) is 0.889. The molecule has 0 rings (SSSR count). The van der Waals surface area contributed by atoms with Crippen molar-refractivity contribution >= 4 is 5.97 Å². The lowest BCUT2D eigenvalue weighted by Crippen LogP contribution is -2.48. The summed E-state index contributed by atoms with van der Waals surface area (Å²) in [5.74, 6) is -0.732. The van der Waals surface area contributed by atoms with Crippen molar-refractivity contribution in [2.75, 3.05) is 27.2 Å². The SMILES string of the molecule is CC(C)(C)C[N+](C)(C)CC(=O)O. The first-order valence-electron chi connectivity index (χ1n) is 4.16. The summed E-state index contributed by atoms with van der Waals surface area (Å²) in [5, 5.41) is 8.63.